The van der Waals surface area contributed by atoms with Gasteiger partial charge >= 0.3 is 5.63 Å². The van der Waals surface area contributed by atoms with Crippen molar-refractivity contribution in [2.45, 2.75) is 6.54 Å². The number of amides is 1. The summed E-state index contributed by atoms with van der Waals surface area (Å²) in [6, 6.07) is 6.83. The van der Waals surface area contributed by atoms with Gasteiger partial charge < -0.3 is 9.32 Å². The molecule has 0 aliphatic carbocycles. The van der Waals surface area contributed by atoms with Gasteiger partial charge in [0.2, 0.25) is 0 Å². The molecule has 3 rings (SSSR count). The minimum absolute atomic E-state index is 0.0157. The van der Waals surface area contributed by atoms with Crippen LogP contribution >= 0.6 is 15.9 Å². The Labute approximate surface area is 140 Å². The molecular formula is C16H14BrN3O3. The van der Waals surface area contributed by atoms with Crippen LogP contribution in [0.15, 0.2) is 50.3 Å². The second-order valence-corrected chi connectivity index (χ2v) is 6.23. The number of hydrogen-bond acceptors (Lipinski definition) is 4. The van der Waals surface area contributed by atoms with Crippen molar-refractivity contribution in [3.63, 3.8) is 0 Å². The number of hydrogen-bond donors (Lipinski definition) is 0. The van der Waals surface area contributed by atoms with Gasteiger partial charge in [-0.15, -0.1) is 0 Å². The highest BCUT2D eigenvalue weighted by Gasteiger charge is 2.18. The molecule has 0 saturated heterocycles. The Morgan fingerprint density at radius 2 is 2.17 bits per heavy atom. The summed E-state index contributed by atoms with van der Waals surface area (Å²) in [6.45, 7) is 0.364. The quantitative estimate of drug-likeness (QED) is 0.659. The summed E-state index contributed by atoms with van der Waals surface area (Å²) in [6.07, 6.45) is 3.51. The Balaban J connectivity index is 1.93. The van der Waals surface area contributed by atoms with Gasteiger partial charge in [-0.3, -0.25) is 9.48 Å². The van der Waals surface area contributed by atoms with Gasteiger partial charge in [-0.25, -0.2) is 4.79 Å². The molecule has 7 heteroatoms. The van der Waals surface area contributed by atoms with E-state index in [-0.39, 0.29) is 11.5 Å². The number of rotatable bonds is 3. The van der Waals surface area contributed by atoms with Crippen LogP contribution in [0.2, 0.25) is 0 Å². The molecule has 0 aliphatic heterocycles. The molecule has 2 aromatic heterocycles. The van der Waals surface area contributed by atoms with E-state index in [4.69, 9.17) is 4.42 Å². The number of nitrogens with zero attached hydrogens (tertiary/aromatic N) is 3. The molecule has 0 spiro atoms. The number of aryl methyl sites for hydroxylation is 1. The molecule has 1 aromatic carbocycles. The first kappa shape index (κ1) is 15.5. The summed E-state index contributed by atoms with van der Waals surface area (Å²) in [4.78, 5) is 26.1. The van der Waals surface area contributed by atoms with Gasteiger partial charge in [-0.2, -0.15) is 5.10 Å². The van der Waals surface area contributed by atoms with Crippen molar-refractivity contribution in [1.82, 2.24) is 14.7 Å². The first-order valence-corrected chi connectivity index (χ1v) is 7.70. The maximum atomic E-state index is 12.5. The summed E-state index contributed by atoms with van der Waals surface area (Å²) in [5.74, 6) is -0.385. The van der Waals surface area contributed by atoms with Gasteiger partial charge in [0.25, 0.3) is 5.91 Å². The zero-order valence-corrected chi connectivity index (χ0v) is 14.2. The topological polar surface area (TPSA) is 68.3 Å². The lowest BCUT2D eigenvalue weighted by Crippen LogP contribution is -2.30. The van der Waals surface area contributed by atoms with Crippen LogP contribution in [-0.4, -0.2) is 27.6 Å². The molecule has 0 bridgehead atoms. The third-order valence-corrected chi connectivity index (χ3v) is 3.94. The Hall–Kier alpha value is -2.41. The first-order valence-electron chi connectivity index (χ1n) is 6.90. The highest BCUT2D eigenvalue weighted by molar-refractivity contribution is 9.10. The third kappa shape index (κ3) is 3.19. The zero-order valence-electron chi connectivity index (χ0n) is 12.6. The van der Waals surface area contributed by atoms with E-state index in [0.29, 0.717) is 17.5 Å². The fourth-order valence-electron chi connectivity index (χ4n) is 2.35. The number of benzene rings is 1. The van der Waals surface area contributed by atoms with Crippen LogP contribution in [0.1, 0.15) is 15.9 Å². The maximum Gasteiger partial charge on any atom is 0.349 e. The van der Waals surface area contributed by atoms with Crippen molar-refractivity contribution < 1.29 is 9.21 Å². The normalized spacial score (nSPS) is 10.9. The monoisotopic (exact) mass is 375 g/mol. The summed E-state index contributed by atoms with van der Waals surface area (Å²) >= 11 is 3.36. The van der Waals surface area contributed by atoms with E-state index in [9.17, 15) is 9.59 Å². The number of fused-ring (bicyclic) bond motifs is 1. The van der Waals surface area contributed by atoms with Crippen LogP contribution in [0.3, 0.4) is 0 Å². The third-order valence-electron chi connectivity index (χ3n) is 3.45. The standard InChI is InChI=1S/C16H14BrN3O3/c1-19(8-10-7-18-20(2)9-10)15(21)13-6-11-5-12(17)3-4-14(11)23-16(13)22/h3-7,9H,8H2,1-2H3. The lowest BCUT2D eigenvalue weighted by atomic mass is 10.1. The van der Waals surface area contributed by atoms with Crippen LogP contribution < -0.4 is 5.63 Å². The number of carbonyl (C=O) groups excluding carboxylic acids is 1. The molecule has 0 N–H and O–H groups in total. The lowest BCUT2D eigenvalue weighted by Gasteiger charge is -2.15. The summed E-state index contributed by atoms with van der Waals surface area (Å²) in [7, 11) is 3.45. The summed E-state index contributed by atoms with van der Waals surface area (Å²) in [5.41, 5.74) is 0.714. The van der Waals surface area contributed by atoms with Crippen LogP contribution in [-0.2, 0) is 13.6 Å². The van der Waals surface area contributed by atoms with Crippen molar-refractivity contribution >= 4 is 32.8 Å². The molecule has 3 aromatic rings. The highest BCUT2D eigenvalue weighted by atomic mass is 79.9. The van der Waals surface area contributed by atoms with E-state index in [1.807, 2.05) is 6.20 Å². The van der Waals surface area contributed by atoms with Gasteiger partial charge in [-0.05, 0) is 24.3 Å². The predicted molar refractivity (Wildman–Crippen MR) is 89.2 cm³/mol. The van der Waals surface area contributed by atoms with Crippen LogP contribution in [0.5, 0.6) is 0 Å². The Bertz CT molecular complexity index is 945. The van der Waals surface area contributed by atoms with Crippen molar-refractivity contribution in [2.75, 3.05) is 7.05 Å². The van der Waals surface area contributed by atoms with Crippen molar-refractivity contribution in [3.8, 4) is 0 Å². The Morgan fingerprint density at radius 1 is 1.39 bits per heavy atom. The van der Waals surface area contributed by atoms with E-state index in [2.05, 4.69) is 21.0 Å². The Morgan fingerprint density at radius 3 is 2.87 bits per heavy atom. The first-order chi connectivity index (χ1) is 10.9. The Kier molecular flexibility index (Phi) is 4.04. The second kappa shape index (κ2) is 6.00. The molecule has 0 atom stereocenters. The molecule has 0 saturated carbocycles. The number of carbonyl (C=O) groups is 1. The molecule has 0 aliphatic rings. The lowest BCUT2D eigenvalue weighted by molar-refractivity contribution is 0.0781. The van der Waals surface area contributed by atoms with E-state index in [0.717, 1.165) is 10.0 Å². The molecule has 118 valence electrons. The average Bonchev–Trinajstić information content (AvgIpc) is 2.91. The summed E-state index contributed by atoms with van der Waals surface area (Å²) in [5, 5.41) is 4.75. The van der Waals surface area contributed by atoms with Crippen LogP contribution in [0.4, 0.5) is 0 Å². The number of halogens is 1. The molecule has 1 amide bonds. The molecular weight excluding hydrogens is 362 g/mol. The van der Waals surface area contributed by atoms with Crippen LogP contribution in [0, 0.1) is 0 Å². The van der Waals surface area contributed by atoms with Gasteiger partial charge in [0, 0.05) is 42.3 Å². The van der Waals surface area contributed by atoms with Gasteiger partial charge in [0.15, 0.2) is 0 Å². The predicted octanol–water partition coefficient (Wildman–Crippen LogP) is 2.56. The van der Waals surface area contributed by atoms with Crippen LogP contribution in [0.25, 0.3) is 11.0 Å². The highest BCUT2D eigenvalue weighted by Crippen LogP contribution is 2.20. The van der Waals surface area contributed by atoms with Gasteiger partial charge in [0.05, 0.1) is 6.20 Å². The average molecular weight is 376 g/mol. The zero-order chi connectivity index (χ0) is 16.6. The maximum absolute atomic E-state index is 12.5. The molecule has 6 nitrogen and oxygen atoms in total. The number of aromatic nitrogens is 2. The van der Waals surface area contributed by atoms with Crippen molar-refractivity contribution in [2.24, 2.45) is 7.05 Å². The molecule has 0 unspecified atom stereocenters. The van der Waals surface area contributed by atoms with Gasteiger partial charge in [-0.1, -0.05) is 15.9 Å². The van der Waals surface area contributed by atoms with Gasteiger partial charge in [0.1, 0.15) is 11.1 Å². The van der Waals surface area contributed by atoms with Crippen molar-refractivity contribution in [1.29, 1.82) is 0 Å². The van der Waals surface area contributed by atoms with Crippen molar-refractivity contribution in [3.05, 3.63) is 62.7 Å². The second-order valence-electron chi connectivity index (χ2n) is 5.31. The molecule has 23 heavy (non-hydrogen) atoms. The minimum atomic E-state index is -0.636. The smallest absolute Gasteiger partial charge is 0.349 e. The SMILES string of the molecule is CN(Cc1cnn(C)c1)C(=O)c1cc2cc(Br)ccc2oc1=O. The molecule has 2 heterocycles. The molecule has 0 fully saturated rings. The fraction of sp³-hybridized carbons (Fsp3) is 0.188. The van der Waals surface area contributed by atoms with E-state index in [1.165, 1.54) is 4.90 Å². The fourth-order valence-corrected chi connectivity index (χ4v) is 2.73. The summed E-state index contributed by atoms with van der Waals surface area (Å²) < 4.78 is 7.74. The minimum Gasteiger partial charge on any atom is -0.422 e. The molecule has 0 radical (unpaired) electrons. The largest absolute Gasteiger partial charge is 0.422 e. The van der Waals surface area contributed by atoms with E-state index >= 15 is 0 Å². The van der Waals surface area contributed by atoms with E-state index in [1.54, 1.807) is 49.2 Å². The van der Waals surface area contributed by atoms with E-state index < -0.39 is 5.63 Å².